The van der Waals surface area contributed by atoms with Crippen LogP contribution in [0.2, 0.25) is 0 Å². The zero-order chi connectivity index (χ0) is 15.0. The van der Waals surface area contributed by atoms with Gasteiger partial charge in [-0.25, -0.2) is 0 Å². The minimum absolute atomic E-state index is 0.0787. The maximum atomic E-state index is 12.5. The number of aromatic nitrogens is 1. The molecule has 20 heavy (non-hydrogen) atoms. The molecule has 108 valence electrons. The van der Waals surface area contributed by atoms with Gasteiger partial charge in [0.25, 0.3) is 17.4 Å². The molecule has 1 aromatic rings. The van der Waals surface area contributed by atoms with Crippen LogP contribution in [-0.2, 0) is 13.5 Å². The lowest BCUT2D eigenvalue weighted by Gasteiger charge is -2.25. The van der Waals surface area contributed by atoms with Gasteiger partial charge in [-0.3, -0.25) is 14.4 Å². The summed E-state index contributed by atoms with van der Waals surface area (Å²) in [5.41, 5.74) is 1.53. The van der Waals surface area contributed by atoms with Gasteiger partial charge in [0.1, 0.15) is 5.69 Å². The Balaban J connectivity index is 2.91. The van der Waals surface area contributed by atoms with E-state index in [0.29, 0.717) is 29.7 Å². The third-order valence-corrected chi connectivity index (χ3v) is 3.63. The number of nitrogens with one attached hydrogen (secondary N) is 2. The highest BCUT2D eigenvalue weighted by atomic mass is 16.2. The molecule has 1 aromatic heterocycles. The number of nitrogens with zero attached hydrogens (tertiary/aromatic N) is 1. The molecule has 0 fully saturated rings. The molecule has 0 atom stereocenters. The maximum absolute atomic E-state index is 12.5. The van der Waals surface area contributed by atoms with E-state index in [1.165, 1.54) is 11.6 Å². The lowest BCUT2D eigenvalue weighted by molar-refractivity contribution is 0.0940. The Morgan fingerprint density at radius 3 is 2.55 bits per heavy atom. The van der Waals surface area contributed by atoms with Crippen LogP contribution < -0.4 is 16.2 Å². The molecular weight excluding hydrogens is 258 g/mol. The Morgan fingerprint density at radius 1 is 1.35 bits per heavy atom. The van der Waals surface area contributed by atoms with E-state index in [1.807, 2.05) is 13.8 Å². The first-order valence-electron chi connectivity index (χ1n) is 6.66. The number of hydrogen-bond donors (Lipinski definition) is 2. The number of fused-ring (bicyclic) bond motifs is 1. The first-order valence-corrected chi connectivity index (χ1v) is 6.66. The summed E-state index contributed by atoms with van der Waals surface area (Å²) in [5, 5.41) is 5.28. The Morgan fingerprint density at radius 2 is 2.00 bits per heavy atom. The number of hydrogen-bond acceptors (Lipinski definition) is 3. The Bertz CT molecular complexity index is 644. The van der Waals surface area contributed by atoms with E-state index < -0.39 is 0 Å². The topological polar surface area (TPSA) is 80.2 Å². The highest BCUT2D eigenvalue weighted by Gasteiger charge is 2.30. The van der Waals surface area contributed by atoms with Crippen molar-refractivity contribution in [3.8, 4) is 0 Å². The normalized spacial score (nSPS) is 13.9. The predicted molar refractivity (Wildman–Crippen MR) is 75.2 cm³/mol. The summed E-state index contributed by atoms with van der Waals surface area (Å²) in [4.78, 5) is 36.7. The van der Waals surface area contributed by atoms with E-state index in [9.17, 15) is 14.4 Å². The fourth-order valence-corrected chi connectivity index (χ4v) is 2.71. The van der Waals surface area contributed by atoms with E-state index in [-0.39, 0.29) is 29.0 Å². The molecule has 2 rings (SSSR count). The summed E-state index contributed by atoms with van der Waals surface area (Å²) in [6, 6.07) is 0. The number of carbonyl (C=O) groups excluding carboxylic acids is 2. The number of amides is 2. The SMILES string of the molecule is CNC(=O)c1c2c(c(C(C)C)c(=O)n1C)C(=O)NCC2. The van der Waals surface area contributed by atoms with Crippen molar-refractivity contribution < 1.29 is 9.59 Å². The van der Waals surface area contributed by atoms with Crippen LogP contribution in [-0.4, -0.2) is 30.0 Å². The van der Waals surface area contributed by atoms with E-state index in [0.717, 1.165) is 0 Å². The Labute approximate surface area is 117 Å². The molecule has 0 aromatic carbocycles. The molecule has 1 aliphatic rings. The van der Waals surface area contributed by atoms with Crippen molar-refractivity contribution in [1.82, 2.24) is 15.2 Å². The van der Waals surface area contributed by atoms with Crippen molar-refractivity contribution in [3.63, 3.8) is 0 Å². The highest BCUT2D eigenvalue weighted by molar-refractivity contribution is 6.03. The van der Waals surface area contributed by atoms with Gasteiger partial charge in [-0.05, 0) is 17.9 Å². The minimum Gasteiger partial charge on any atom is -0.354 e. The van der Waals surface area contributed by atoms with Crippen molar-refractivity contribution in [3.05, 3.63) is 32.7 Å². The molecule has 2 N–H and O–H groups in total. The molecule has 0 saturated carbocycles. The number of rotatable bonds is 2. The molecule has 6 nitrogen and oxygen atoms in total. The number of carbonyl (C=O) groups is 2. The maximum Gasteiger partial charge on any atom is 0.268 e. The van der Waals surface area contributed by atoms with E-state index in [1.54, 1.807) is 7.05 Å². The summed E-state index contributed by atoms with van der Waals surface area (Å²) in [6.07, 6.45) is 0.553. The zero-order valence-corrected chi connectivity index (χ0v) is 12.2. The molecule has 1 aliphatic heterocycles. The Hall–Kier alpha value is -2.11. The van der Waals surface area contributed by atoms with Crippen LogP contribution >= 0.6 is 0 Å². The highest BCUT2D eigenvalue weighted by Crippen LogP contribution is 2.24. The van der Waals surface area contributed by atoms with Crippen LogP contribution in [0.5, 0.6) is 0 Å². The summed E-state index contributed by atoms with van der Waals surface area (Å²) < 4.78 is 1.35. The van der Waals surface area contributed by atoms with Crippen molar-refractivity contribution >= 4 is 11.8 Å². The lowest BCUT2D eigenvalue weighted by Crippen LogP contribution is -2.41. The molecule has 2 amide bonds. The molecular formula is C14H19N3O3. The van der Waals surface area contributed by atoms with Gasteiger partial charge in [0.2, 0.25) is 0 Å². The molecule has 6 heteroatoms. The zero-order valence-electron chi connectivity index (χ0n) is 12.2. The molecule has 0 aliphatic carbocycles. The second-order valence-corrected chi connectivity index (χ2v) is 5.22. The number of pyridine rings is 1. The monoisotopic (exact) mass is 277 g/mol. The van der Waals surface area contributed by atoms with Crippen LogP contribution in [0.15, 0.2) is 4.79 Å². The predicted octanol–water partition coefficient (Wildman–Crippen LogP) is 0.154. The van der Waals surface area contributed by atoms with Gasteiger partial charge in [0.05, 0.1) is 5.56 Å². The van der Waals surface area contributed by atoms with Gasteiger partial charge in [-0.15, -0.1) is 0 Å². The molecule has 0 radical (unpaired) electrons. The molecule has 0 unspecified atom stereocenters. The summed E-state index contributed by atoms with van der Waals surface area (Å²) >= 11 is 0. The summed E-state index contributed by atoms with van der Waals surface area (Å²) in [7, 11) is 3.09. The third-order valence-electron chi connectivity index (χ3n) is 3.63. The standard InChI is InChI=1S/C14H19N3O3/c1-7(2)9-10-8(5-6-16-12(10)18)11(13(19)15-3)17(4)14(9)20/h7H,5-6H2,1-4H3,(H,15,19)(H,16,18). The van der Waals surface area contributed by atoms with Crippen LogP contribution in [0, 0.1) is 0 Å². The largest absolute Gasteiger partial charge is 0.354 e. The van der Waals surface area contributed by atoms with Crippen molar-refractivity contribution in [2.75, 3.05) is 13.6 Å². The van der Waals surface area contributed by atoms with Crippen LogP contribution in [0.1, 0.15) is 51.7 Å². The van der Waals surface area contributed by atoms with Gasteiger partial charge in [0, 0.05) is 26.2 Å². The quantitative estimate of drug-likeness (QED) is 0.807. The van der Waals surface area contributed by atoms with E-state index >= 15 is 0 Å². The average Bonchev–Trinajstić information content (AvgIpc) is 2.40. The van der Waals surface area contributed by atoms with Crippen LogP contribution in [0.4, 0.5) is 0 Å². The van der Waals surface area contributed by atoms with Crippen LogP contribution in [0.3, 0.4) is 0 Å². The summed E-state index contributed by atoms with van der Waals surface area (Å²) in [6.45, 7) is 4.22. The van der Waals surface area contributed by atoms with Crippen molar-refractivity contribution in [2.24, 2.45) is 7.05 Å². The molecule has 2 heterocycles. The Kier molecular flexibility index (Phi) is 3.65. The van der Waals surface area contributed by atoms with Gasteiger partial charge in [-0.2, -0.15) is 0 Å². The molecule has 0 bridgehead atoms. The summed E-state index contributed by atoms with van der Waals surface area (Å²) in [5.74, 6) is -0.686. The van der Waals surface area contributed by atoms with Gasteiger partial charge >= 0.3 is 0 Å². The van der Waals surface area contributed by atoms with Crippen molar-refractivity contribution in [2.45, 2.75) is 26.2 Å². The first-order chi connectivity index (χ1) is 9.40. The average molecular weight is 277 g/mol. The van der Waals surface area contributed by atoms with E-state index in [2.05, 4.69) is 10.6 Å². The van der Waals surface area contributed by atoms with Crippen molar-refractivity contribution in [1.29, 1.82) is 0 Å². The van der Waals surface area contributed by atoms with Gasteiger partial charge in [0.15, 0.2) is 0 Å². The lowest BCUT2D eigenvalue weighted by atomic mass is 9.89. The van der Waals surface area contributed by atoms with Gasteiger partial charge in [-0.1, -0.05) is 13.8 Å². The fraction of sp³-hybridized carbons (Fsp3) is 0.500. The minimum atomic E-state index is -0.342. The smallest absolute Gasteiger partial charge is 0.268 e. The fourth-order valence-electron chi connectivity index (χ4n) is 2.71. The second kappa shape index (κ2) is 5.11. The van der Waals surface area contributed by atoms with Crippen LogP contribution in [0.25, 0.3) is 0 Å². The molecule has 0 spiro atoms. The second-order valence-electron chi connectivity index (χ2n) is 5.22. The molecule has 0 saturated heterocycles. The third kappa shape index (κ3) is 2.01. The van der Waals surface area contributed by atoms with E-state index in [4.69, 9.17) is 0 Å². The van der Waals surface area contributed by atoms with Gasteiger partial charge < -0.3 is 15.2 Å². The first kappa shape index (κ1) is 14.3.